The Hall–Kier alpha value is -1.30. The summed E-state index contributed by atoms with van der Waals surface area (Å²) < 4.78 is 13.3. The number of carbonyl (C=O) groups is 1. The molecule has 0 aliphatic carbocycles. The summed E-state index contributed by atoms with van der Waals surface area (Å²) in [7, 11) is 0. The number of thioether (sulfide) groups is 1. The van der Waals surface area contributed by atoms with E-state index in [4.69, 9.17) is 0 Å². The van der Waals surface area contributed by atoms with Gasteiger partial charge in [-0.1, -0.05) is 6.92 Å². The number of aromatic nitrogens is 1. The fourth-order valence-electron chi connectivity index (χ4n) is 1.91. The molecule has 19 heavy (non-hydrogen) atoms. The van der Waals surface area contributed by atoms with Crippen LogP contribution in [-0.4, -0.2) is 35.0 Å². The van der Waals surface area contributed by atoms with Crippen LogP contribution in [0.4, 0.5) is 10.2 Å². The van der Waals surface area contributed by atoms with Crippen molar-refractivity contribution < 1.29 is 9.18 Å². The van der Waals surface area contributed by atoms with E-state index in [1.165, 1.54) is 6.07 Å². The summed E-state index contributed by atoms with van der Waals surface area (Å²) >= 11 is 1.82. The lowest BCUT2D eigenvalue weighted by molar-refractivity contribution is 0.0941. The Morgan fingerprint density at radius 2 is 2.47 bits per heavy atom. The Balaban J connectivity index is 2.11. The molecule has 0 aromatic carbocycles. The molecule has 2 N–H and O–H groups in total. The topological polar surface area (TPSA) is 54.0 Å². The van der Waals surface area contributed by atoms with Crippen LogP contribution in [0, 0.1) is 5.82 Å². The Labute approximate surface area is 116 Å². The first-order valence-electron chi connectivity index (χ1n) is 6.48. The van der Waals surface area contributed by atoms with Gasteiger partial charge in [-0.05, 0) is 24.7 Å². The number of anilines is 1. The summed E-state index contributed by atoms with van der Waals surface area (Å²) in [5, 5.41) is 5.98. The number of amides is 1. The van der Waals surface area contributed by atoms with E-state index < -0.39 is 5.82 Å². The first kappa shape index (κ1) is 14.1. The molecule has 1 amide bonds. The minimum absolute atomic E-state index is 0.180. The second-order valence-electron chi connectivity index (χ2n) is 4.51. The molecular weight excluding hydrogens is 265 g/mol. The Morgan fingerprint density at radius 1 is 1.63 bits per heavy atom. The molecule has 6 heteroatoms. The molecule has 4 nitrogen and oxygen atoms in total. The maximum atomic E-state index is 13.3. The van der Waals surface area contributed by atoms with E-state index in [0.29, 0.717) is 12.4 Å². The summed E-state index contributed by atoms with van der Waals surface area (Å²) in [5.41, 5.74) is 0.283. The van der Waals surface area contributed by atoms with Crippen LogP contribution >= 0.6 is 11.8 Å². The lowest BCUT2D eigenvalue weighted by Gasteiger charge is -2.14. The molecule has 1 aliphatic heterocycles. The summed E-state index contributed by atoms with van der Waals surface area (Å²) in [5.74, 6) is 1.69. The average Bonchev–Trinajstić information content (AvgIpc) is 2.90. The Morgan fingerprint density at radius 3 is 3.16 bits per heavy atom. The minimum atomic E-state index is -0.493. The van der Waals surface area contributed by atoms with Gasteiger partial charge in [0.1, 0.15) is 11.6 Å². The first-order chi connectivity index (χ1) is 9.20. The number of carbonyl (C=O) groups excluding carboxylic acids is 1. The van der Waals surface area contributed by atoms with Gasteiger partial charge in [0.15, 0.2) is 0 Å². The number of hydrogen-bond donors (Lipinski definition) is 2. The van der Waals surface area contributed by atoms with Crippen molar-refractivity contribution >= 4 is 23.5 Å². The first-order valence-corrected chi connectivity index (χ1v) is 7.64. The summed E-state index contributed by atoms with van der Waals surface area (Å²) in [6.07, 6.45) is 3.01. The van der Waals surface area contributed by atoms with Gasteiger partial charge in [0.05, 0.1) is 11.8 Å². The SMILES string of the molecule is CCCNc1ncc(F)cc1C(=O)NC1CCSC1. The van der Waals surface area contributed by atoms with Gasteiger partial charge in [-0.2, -0.15) is 11.8 Å². The van der Waals surface area contributed by atoms with Gasteiger partial charge in [-0.15, -0.1) is 0 Å². The maximum absolute atomic E-state index is 13.3. The second-order valence-corrected chi connectivity index (χ2v) is 5.66. The Bertz CT molecular complexity index is 450. The number of hydrogen-bond acceptors (Lipinski definition) is 4. The highest BCUT2D eigenvalue weighted by atomic mass is 32.2. The van der Waals surface area contributed by atoms with Crippen molar-refractivity contribution in [3.63, 3.8) is 0 Å². The molecule has 1 aliphatic rings. The fraction of sp³-hybridized carbons (Fsp3) is 0.538. The zero-order valence-corrected chi connectivity index (χ0v) is 11.7. The van der Waals surface area contributed by atoms with Crippen LogP contribution in [0.1, 0.15) is 30.1 Å². The number of nitrogens with one attached hydrogen (secondary N) is 2. The number of nitrogens with zero attached hydrogens (tertiary/aromatic N) is 1. The smallest absolute Gasteiger partial charge is 0.255 e. The molecule has 1 saturated heterocycles. The van der Waals surface area contributed by atoms with E-state index in [1.807, 2.05) is 18.7 Å². The van der Waals surface area contributed by atoms with Crippen LogP contribution in [0.5, 0.6) is 0 Å². The lowest BCUT2D eigenvalue weighted by Crippen LogP contribution is -2.35. The van der Waals surface area contributed by atoms with Crippen LogP contribution in [0.15, 0.2) is 12.3 Å². The van der Waals surface area contributed by atoms with Gasteiger partial charge in [-0.3, -0.25) is 4.79 Å². The van der Waals surface area contributed by atoms with E-state index in [-0.39, 0.29) is 17.5 Å². The molecule has 1 fully saturated rings. The van der Waals surface area contributed by atoms with Gasteiger partial charge in [0, 0.05) is 18.3 Å². The van der Waals surface area contributed by atoms with Crippen molar-refractivity contribution in [2.45, 2.75) is 25.8 Å². The highest BCUT2D eigenvalue weighted by molar-refractivity contribution is 7.99. The highest BCUT2D eigenvalue weighted by Gasteiger charge is 2.21. The summed E-state index contributed by atoms with van der Waals surface area (Å²) in [6.45, 7) is 2.73. The molecule has 2 rings (SSSR count). The van der Waals surface area contributed by atoms with Crippen molar-refractivity contribution in [3.05, 3.63) is 23.6 Å². The zero-order valence-electron chi connectivity index (χ0n) is 10.9. The van der Waals surface area contributed by atoms with Gasteiger partial charge in [0.25, 0.3) is 5.91 Å². The molecule has 0 spiro atoms. The van der Waals surface area contributed by atoms with Crippen LogP contribution in [-0.2, 0) is 0 Å². The summed E-state index contributed by atoms with van der Waals surface area (Å²) in [4.78, 5) is 16.1. The molecular formula is C13H18FN3OS. The zero-order chi connectivity index (χ0) is 13.7. The van der Waals surface area contributed by atoms with E-state index in [2.05, 4.69) is 15.6 Å². The van der Waals surface area contributed by atoms with E-state index in [0.717, 1.165) is 30.5 Å². The molecule has 0 bridgehead atoms. The Kier molecular flexibility index (Phi) is 5.01. The third-order valence-corrected chi connectivity index (χ3v) is 4.07. The number of pyridine rings is 1. The van der Waals surface area contributed by atoms with Crippen molar-refractivity contribution in [2.24, 2.45) is 0 Å². The molecule has 0 radical (unpaired) electrons. The van der Waals surface area contributed by atoms with Crippen molar-refractivity contribution in [1.29, 1.82) is 0 Å². The maximum Gasteiger partial charge on any atom is 0.255 e. The largest absolute Gasteiger partial charge is 0.369 e. The predicted octanol–water partition coefficient (Wildman–Crippen LogP) is 2.28. The van der Waals surface area contributed by atoms with Crippen molar-refractivity contribution in [2.75, 3.05) is 23.4 Å². The van der Waals surface area contributed by atoms with Crippen LogP contribution in [0.3, 0.4) is 0 Å². The monoisotopic (exact) mass is 283 g/mol. The van der Waals surface area contributed by atoms with Gasteiger partial charge in [0.2, 0.25) is 0 Å². The van der Waals surface area contributed by atoms with Gasteiger partial charge in [-0.25, -0.2) is 9.37 Å². The number of rotatable bonds is 5. The summed E-state index contributed by atoms with van der Waals surface area (Å²) in [6, 6.07) is 1.42. The second kappa shape index (κ2) is 6.75. The van der Waals surface area contributed by atoms with Crippen molar-refractivity contribution in [1.82, 2.24) is 10.3 Å². The third kappa shape index (κ3) is 3.83. The molecule has 0 saturated carbocycles. The van der Waals surface area contributed by atoms with E-state index in [9.17, 15) is 9.18 Å². The van der Waals surface area contributed by atoms with Crippen LogP contribution in [0.25, 0.3) is 0 Å². The molecule has 1 atom stereocenters. The van der Waals surface area contributed by atoms with Crippen LogP contribution in [0.2, 0.25) is 0 Å². The van der Waals surface area contributed by atoms with E-state index in [1.54, 1.807) is 0 Å². The van der Waals surface area contributed by atoms with Gasteiger partial charge >= 0.3 is 0 Å². The molecule has 1 aromatic heterocycles. The number of halogens is 1. The fourth-order valence-corrected chi connectivity index (χ4v) is 3.06. The standard InChI is InChI=1S/C13H18FN3OS/c1-2-4-15-12-11(6-9(14)7-16-12)13(18)17-10-3-5-19-8-10/h6-7,10H,2-5,8H2,1H3,(H,15,16)(H,17,18). The molecule has 104 valence electrons. The molecule has 1 aromatic rings. The third-order valence-electron chi connectivity index (χ3n) is 2.91. The molecule has 1 unspecified atom stereocenters. The highest BCUT2D eigenvalue weighted by Crippen LogP contribution is 2.19. The normalized spacial score (nSPS) is 18.3. The quantitative estimate of drug-likeness (QED) is 0.870. The lowest BCUT2D eigenvalue weighted by atomic mass is 10.2. The van der Waals surface area contributed by atoms with Crippen LogP contribution < -0.4 is 10.6 Å². The molecule has 2 heterocycles. The van der Waals surface area contributed by atoms with Crippen molar-refractivity contribution in [3.8, 4) is 0 Å². The minimum Gasteiger partial charge on any atom is -0.369 e. The van der Waals surface area contributed by atoms with Gasteiger partial charge < -0.3 is 10.6 Å². The average molecular weight is 283 g/mol. The predicted molar refractivity (Wildman–Crippen MR) is 76.2 cm³/mol. The van der Waals surface area contributed by atoms with E-state index >= 15 is 0 Å².